The molecule has 1 saturated heterocycles. The van der Waals surface area contributed by atoms with Gasteiger partial charge < -0.3 is 24.3 Å². The number of fused-ring (bicyclic) bond motifs is 1. The first-order chi connectivity index (χ1) is 17.9. The highest BCUT2D eigenvalue weighted by atomic mass is 35.5. The predicted octanol–water partition coefficient (Wildman–Crippen LogP) is 4.87. The van der Waals surface area contributed by atoms with Crippen molar-refractivity contribution < 1.29 is 28.9 Å². The number of H-pyrrole nitrogens is 1. The molecule has 2 heterocycles. The number of methoxy groups -OCH3 is 3. The Morgan fingerprint density at radius 1 is 0.946 bits per heavy atom. The third-order valence-electron chi connectivity index (χ3n) is 6.20. The van der Waals surface area contributed by atoms with E-state index in [2.05, 4.69) is 9.97 Å². The van der Waals surface area contributed by atoms with Gasteiger partial charge in [-0.25, -0.2) is 4.98 Å². The summed E-state index contributed by atoms with van der Waals surface area (Å²) in [6, 6.07) is 15.8. The summed E-state index contributed by atoms with van der Waals surface area (Å²) < 4.78 is 16.0. The van der Waals surface area contributed by atoms with Gasteiger partial charge in [0.25, 0.3) is 5.78 Å². The van der Waals surface area contributed by atoms with Gasteiger partial charge in [0.15, 0.2) is 11.5 Å². The minimum atomic E-state index is -1.03. The SMILES string of the molecule is COc1ccc(/C(O)=C2\C(=O)C(=O)N(c3nc4ccccc4[nH]3)C2c2ccc(OC)c(OC)c2)cc1Cl. The molecule has 3 aromatic carbocycles. The number of anilines is 1. The highest BCUT2D eigenvalue weighted by Crippen LogP contribution is 2.44. The largest absolute Gasteiger partial charge is 0.507 e. The first-order valence-corrected chi connectivity index (χ1v) is 11.6. The molecule has 1 fully saturated rings. The van der Waals surface area contributed by atoms with Gasteiger partial charge in [-0.1, -0.05) is 29.8 Å². The Balaban J connectivity index is 1.74. The number of Topliss-reactive ketones (excluding diaryl/α,β-unsaturated/α-hetero) is 1. The lowest BCUT2D eigenvalue weighted by atomic mass is 9.95. The molecule has 1 aliphatic heterocycles. The number of nitrogens with zero attached hydrogens (tertiary/aromatic N) is 2. The summed E-state index contributed by atoms with van der Waals surface area (Å²) in [5, 5.41) is 11.6. The van der Waals surface area contributed by atoms with E-state index in [1.807, 2.05) is 18.2 Å². The van der Waals surface area contributed by atoms with Crippen molar-refractivity contribution in [3.8, 4) is 17.2 Å². The van der Waals surface area contributed by atoms with Gasteiger partial charge in [-0.2, -0.15) is 0 Å². The van der Waals surface area contributed by atoms with Crippen LogP contribution in [0.3, 0.4) is 0 Å². The first kappa shape index (κ1) is 24.2. The van der Waals surface area contributed by atoms with Crippen molar-refractivity contribution in [3.05, 3.63) is 82.4 Å². The average molecular weight is 520 g/mol. The lowest BCUT2D eigenvalue weighted by molar-refractivity contribution is -0.132. The van der Waals surface area contributed by atoms with Crippen LogP contribution in [-0.2, 0) is 9.59 Å². The van der Waals surface area contributed by atoms with Crippen molar-refractivity contribution in [2.45, 2.75) is 6.04 Å². The number of carbonyl (C=O) groups excluding carboxylic acids is 2. The van der Waals surface area contributed by atoms with Crippen LogP contribution in [0.5, 0.6) is 17.2 Å². The van der Waals surface area contributed by atoms with Crippen LogP contribution in [0.2, 0.25) is 5.02 Å². The monoisotopic (exact) mass is 519 g/mol. The van der Waals surface area contributed by atoms with Crippen molar-refractivity contribution in [2.24, 2.45) is 0 Å². The zero-order chi connectivity index (χ0) is 26.3. The average Bonchev–Trinajstić information content (AvgIpc) is 3.46. The molecule has 9 nitrogen and oxygen atoms in total. The smallest absolute Gasteiger partial charge is 0.302 e. The van der Waals surface area contributed by atoms with Crippen LogP contribution >= 0.6 is 11.6 Å². The van der Waals surface area contributed by atoms with Gasteiger partial charge in [0, 0.05) is 5.56 Å². The van der Waals surface area contributed by atoms with E-state index in [0.717, 1.165) is 0 Å². The van der Waals surface area contributed by atoms with E-state index in [1.165, 1.54) is 32.3 Å². The number of aromatic amines is 1. The molecule has 188 valence electrons. The number of hydrogen-bond acceptors (Lipinski definition) is 7. The lowest BCUT2D eigenvalue weighted by Gasteiger charge is -2.24. The van der Waals surface area contributed by atoms with Crippen molar-refractivity contribution in [3.63, 3.8) is 0 Å². The molecule has 1 aromatic heterocycles. The van der Waals surface area contributed by atoms with E-state index in [0.29, 0.717) is 33.8 Å². The summed E-state index contributed by atoms with van der Waals surface area (Å²) in [6.07, 6.45) is 0. The fourth-order valence-electron chi connectivity index (χ4n) is 4.41. The van der Waals surface area contributed by atoms with Gasteiger partial charge in [0.1, 0.15) is 11.5 Å². The van der Waals surface area contributed by atoms with Crippen LogP contribution in [0.15, 0.2) is 66.2 Å². The summed E-state index contributed by atoms with van der Waals surface area (Å²) in [5.41, 5.74) is 1.93. The van der Waals surface area contributed by atoms with Crippen LogP contribution in [0.1, 0.15) is 17.2 Å². The number of carbonyl (C=O) groups is 2. The van der Waals surface area contributed by atoms with E-state index in [4.69, 9.17) is 25.8 Å². The maximum atomic E-state index is 13.4. The van der Waals surface area contributed by atoms with Gasteiger partial charge in [0.05, 0.1) is 49.0 Å². The number of nitrogens with one attached hydrogen (secondary N) is 1. The first-order valence-electron chi connectivity index (χ1n) is 11.2. The summed E-state index contributed by atoms with van der Waals surface area (Å²) in [7, 11) is 4.46. The number of aliphatic hydroxyl groups excluding tert-OH is 1. The van der Waals surface area contributed by atoms with E-state index in [1.54, 1.807) is 36.4 Å². The second-order valence-electron chi connectivity index (χ2n) is 8.21. The van der Waals surface area contributed by atoms with E-state index < -0.39 is 17.7 Å². The van der Waals surface area contributed by atoms with E-state index in [9.17, 15) is 14.7 Å². The third-order valence-corrected chi connectivity index (χ3v) is 6.49. The minimum Gasteiger partial charge on any atom is -0.507 e. The maximum Gasteiger partial charge on any atom is 0.302 e. The Hall–Kier alpha value is -4.50. The number of hydrogen-bond donors (Lipinski definition) is 2. The zero-order valence-corrected chi connectivity index (χ0v) is 20.9. The molecule has 2 N–H and O–H groups in total. The van der Waals surface area contributed by atoms with Crippen molar-refractivity contribution in [1.29, 1.82) is 0 Å². The number of ether oxygens (including phenoxy) is 3. The number of para-hydroxylation sites is 2. The molecule has 1 unspecified atom stereocenters. The topological polar surface area (TPSA) is 114 Å². The van der Waals surface area contributed by atoms with Crippen LogP contribution in [0.4, 0.5) is 5.95 Å². The van der Waals surface area contributed by atoms with Crippen molar-refractivity contribution in [1.82, 2.24) is 9.97 Å². The minimum absolute atomic E-state index is 0.126. The molecule has 0 saturated carbocycles. The van der Waals surface area contributed by atoms with Crippen LogP contribution < -0.4 is 19.1 Å². The highest BCUT2D eigenvalue weighted by molar-refractivity contribution is 6.51. The number of ketones is 1. The van der Waals surface area contributed by atoms with Crippen molar-refractivity contribution >= 4 is 46.0 Å². The molecule has 1 aliphatic rings. The Morgan fingerprint density at radius 3 is 2.32 bits per heavy atom. The second-order valence-corrected chi connectivity index (χ2v) is 8.62. The number of rotatable bonds is 6. The molecule has 1 amide bonds. The van der Waals surface area contributed by atoms with E-state index in [-0.39, 0.29) is 27.9 Å². The molecular formula is C27H22ClN3O6. The molecule has 0 radical (unpaired) electrons. The second kappa shape index (κ2) is 9.51. The fourth-order valence-corrected chi connectivity index (χ4v) is 4.67. The zero-order valence-electron chi connectivity index (χ0n) is 20.1. The predicted molar refractivity (Wildman–Crippen MR) is 138 cm³/mol. The number of aromatic nitrogens is 2. The normalized spacial score (nSPS) is 16.9. The number of aliphatic hydroxyl groups is 1. The van der Waals surface area contributed by atoms with E-state index >= 15 is 0 Å². The van der Waals surface area contributed by atoms with Crippen LogP contribution in [0.25, 0.3) is 16.8 Å². The van der Waals surface area contributed by atoms with Crippen LogP contribution in [-0.4, -0.2) is 48.1 Å². The summed E-state index contributed by atoms with van der Waals surface area (Å²) in [5.74, 6) is -0.685. The molecule has 1 atom stereocenters. The number of imidazole rings is 1. The Kier molecular flexibility index (Phi) is 6.22. The standard InChI is InChI=1S/C27H22ClN3O6/c1-35-19-10-9-15(12-16(19)28)24(32)22-23(14-8-11-20(36-2)21(13-14)37-3)31(26(34)25(22)33)27-29-17-6-4-5-7-18(17)30-27/h4-13,23,32H,1-3H3,(H,29,30)/b24-22+. The summed E-state index contributed by atoms with van der Waals surface area (Å²) in [6.45, 7) is 0. The quantitative estimate of drug-likeness (QED) is 0.212. The van der Waals surface area contributed by atoms with Crippen LogP contribution in [0, 0.1) is 0 Å². The number of benzene rings is 3. The molecule has 0 aliphatic carbocycles. The molecule has 0 bridgehead atoms. The molecule has 5 rings (SSSR count). The molecule has 0 spiro atoms. The van der Waals surface area contributed by atoms with Gasteiger partial charge in [-0.3, -0.25) is 14.5 Å². The summed E-state index contributed by atoms with van der Waals surface area (Å²) in [4.78, 5) is 35.7. The summed E-state index contributed by atoms with van der Waals surface area (Å²) >= 11 is 6.27. The van der Waals surface area contributed by atoms with Gasteiger partial charge in [-0.15, -0.1) is 0 Å². The van der Waals surface area contributed by atoms with Gasteiger partial charge >= 0.3 is 5.91 Å². The lowest BCUT2D eigenvalue weighted by Crippen LogP contribution is -2.30. The highest BCUT2D eigenvalue weighted by Gasteiger charge is 2.48. The Morgan fingerprint density at radius 2 is 1.65 bits per heavy atom. The molecule has 10 heteroatoms. The third kappa shape index (κ3) is 4.03. The van der Waals surface area contributed by atoms with Gasteiger partial charge in [-0.05, 0) is 48.0 Å². The fraction of sp³-hybridized carbons (Fsp3) is 0.148. The number of amides is 1. The molecule has 4 aromatic rings. The Labute approximate surface area is 216 Å². The Bertz CT molecular complexity index is 1540. The van der Waals surface area contributed by atoms with Crippen molar-refractivity contribution in [2.75, 3.05) is 26.2 Å². The maximum absolute atomic E-state index is 13.4. The molecular weight excluding hydrogens is 498 g/mol. The number of halogens is 1. The van der Waals surface area contributed by atoms with Gasteiger partial charge in [0.2, 0.25) is 5.95 Å². The molecule has 37 heavy (non-hydrogen) atoms.